The molecule has 0 amide bonds. The van der Waals surface area contributed by atoms with Gasteiger partial charge in [0, 0.05) is 13.2 Å². The van der Waals surface area contributed by atoms with Gasteiger partial charge in [-0.2, -0.15) is 0 Å². The Morgan fingerprint density at radius 1 is 1.33 bits per heavy atom. The summed E-state index contributed by atoms with van der Waals surface area (Å²) in [5.41, 5.74) is 0. The van der Waals surface area contributed by atoms with Crippen molar-refractivity contribution in [2.45, 2.75) is 0 Å². The van der Waals surface area contributed by atoms with Crippen LogP contribution in [0.2, 0.25) is 0 Å². The van der Waals surface area contributed by atoms with Gasteiger partial charge in [-0.15, -0.1) is 0 Å². The predicted octanol–water partition coefficient (Wildman–Crippen LogP) is 0.289. The Morgan fingerprint density at radius 2 is 2.00 bits per heavy atom. The number of sulfonamides is 1. The molecule has 1 rings (SSSR count). The minimum absolute atomic E-state index is 1.16. The molecule has 0 aromatic heterocycles. The molecule has 1 aliphatic heterocycles. The summed E-state index contributed by atoms with van der Waals surface area (Å²) >= 11 is 0. The highest BCUT2D eigenvalue weighted by molar-refractivity contribution is 7.92. The highest BCUT2D eigenvalue weighted by Crippen LogP contribution is 2.04. The Kier molecular flexibility index (Phi) is 1.32. The van der Waals surface area contributed by atoms with Gasteiger partial charge in [-0.1, -0.05) is 0 Å². The van der Waals surface area contributed by atoms with Crippen molar-refractivity contribution in [2.24, 2.45) is 0 Å². The fraction of sp³-hybridized carbons (Fsp3) is 0.200. The average Bonchev–Trinajstić information content (AvgIpc) is 1.77. The zero-order chi connectivity index (χ0) is 6.91. The first kappa shape index (κ1) is 6.35. The van der Waals surface area contributed by atoms with E-state index in [1.807, 2.05) is 0 Å². The number of rotatable bonds is 0. The van der Waals surface area contributed by atoms with E-state index in [2.05, 4.69) is 0 Å². The second kappa shape index (κ2) is 1.88. The summed E-state index contributed by atoms with van der Waals surface area (Å²) < 4.78 is 22.7. The van der Waals surface area contributed by atoms with Gasteiger partial charge in [0.15, 0.2) is 0 Å². The van der Waals surface area contributed by atoms with Crippen molar-refractivity contribution in [2.75, 3.05) is 7.05 Å². The van der Waals surface area contributed by atoms with Crippen LogP contribution in [0.15, 0.2) is 23.8 Å². The molecule has 0 unspecified atom stereocenters. The van der Waals surface area contributed by atoms with Gasteiger partial charge in [0.05, 0.1) is 5.41 Å². The van der Waals surface area contributed by atoms with Crippen molar-refractivity contribution in [3.05, 3.63) is 23.8 Å². The van der Waals surface area contributed by atoms with Gasteiger partial charge in [0.1, 0.15) is 0 Å². The lowest BCUT2D eigenvalue weighted by atomic mass is 10.6. The first-order valence-electron chi connectivity index (χ1n) is 2.46. The summed E-state index contributed by atoms with van der Waals surface area (Å²) in [7, 11) is -1.60. The summed E-state index contributed by atoms with van der Waals surface area (Å²) in [6.07, 6.45) is 4.66. The van der Waals surface area contributed by atoms with Crippen LogP contribution in [0.4, 0.5) is 0 Å². The molecule has 0 aromatic carbocycles. The van der Waals surface area contributed by atoms with Gasteiger partial charge in [0.2, 0.25) is 0 Å². The minimum atomic E-state index is -3.10. The van der Waals surface area contributed by atoms with E-state index in [0.29, 0.717) is 0 Å². The van der Waals surface area contributed by atoms with E-state index in [1.165, 1.54) is 19.3 Å². The lowest BCUT2D eigenvalue weighted by Gasteiger charge is -2.12. The summed E-state index contributed by atoms with van der Waals surface area (Å²) in [6, 6.07) is 0. The lowest BCUT2D eigenvalue weighted by molar-refractivity contribution is 0.548. The van der Waals surface area contributed by atoms with Crippen molar-refractivity contribution in [3.8, 4) is 0 Å². The molecule has 3 nitrogen and oxygen atoms in total. The SMILES string of the molecule is CN1C=CC=CS1(=O)=O. The molecule has 0 fully saturated rings. The molecule has 0 saturated carbocycles. The molecule has 1 aliphatic rings. The van der Waals surface area contributed by atoms with Crippen LogP contribution in [0.25, 0.3) is 0 Å². The maximum absolute atomic E-state index is 10.8. The standard InChI is InChI=1S/C5H7NO2S/c1-6-4-2-3-5-9(6,7)8/h2-5H,1H3. The summed E-state index contributed by atoms with van der Waals surface area (Å²) in [4.78, 5) is 0. The van der Waals surface area contributed by atoms with E-state index in [0.717, 1.165) is 9.71 Å². The molecular weight excluding hydrogens is 138 g/mol. The van der Waals surface area contributed by atoms with Gasteiger partial charge in [-0.3, -0.25) is 4.31 Å². The van der Waals surface area contributed by atoms with Crippen LogP contribution in [0.5, 0.6) is 0 Å². The molecular formula is C5H7NO2S. The molecule has 0 spiro atoms. The number of allylic oxidation sites excluding steroid dienone is 2. The zero-order valence-electron chi connectivity index (χ0n) is 4.98. The molecule has 4 heteroatoms. The maximum atomic E-state index is 10.8. The first-order valence-corrected chi connectivity index (χ1v) is 3.96. The van der Waals surface area contributed by atoms with Crippen LogP contribution < -0.4 is 0 Å². The van der Waals surface area contributed by atoms with Crippen LogP contribution in [0, 0.1) is 0 Å². The van der Waals surface area contributed by atoms with E-state index >= 15 is 0 Å². The fourth-order valence-electron chi connectivity index (χ4n) is 0.496. The van der Waals surface area contributed by atoms with Gasteiger partial charge in [-0.25, -0.2) is 8.42 Å². The van der Waals surface area contributed by atoms with Gasteiger partial charge >= 0.3 is 0 Å². The predicted molar refractivity (Wildman–Crippen MR) is 35.0 cm³/mol. The van der Waals surface area contributed by atoms with Crippen molar-refractivity contribution < 1.29 is 8.42 Å². The van der Waals surface area contributed by atoms with E-state index < -0.39 is 10.0 Å². The van der Waals surface area contributed by atoms with Crippen LogP contribution in [-0.4, -0.2) is 19.8 Å². The quantitative estimate of drug-likeness (QED) is 0.491. The molecule has 0 radical (unpaired) electrons. The summed E-state index contributed by atoms with van der Waals surface area (Å²) in [6.45, 7) is 0. The second-order valence-electron chi connectivity index (χ2n) is 1.73. The summed E-state index contributed by atoms with van der Waals surface area (Å²) in [5.74, 6) is 0. The Hall–Kier alpha value is -0.770. The molecule has 0 aliphatic carbocycles. The van der Waals surface area contributed by atoms with Crippen molar-refractivity contribution in [3.63, 3.8) is 0 Å². The number of nitrogens with zero attached hydrogens (tertiary/aromatic N) is 1. The third kappa shape index (κ3) is 1.13. The number of hydrogen-bond donors (Lipinski definition) is 0. The topological polar surface area (TPSA) is 37.4 Å². The highest BCUT2D eigenvalue weighted by atomic mass is 32.2. The molecule has 50 valence electrons. The monoisotopic (exact) mass is 145 g/mol. The van der Waals surface area contributed by atoms with Gasteiger partial charge in [0.25, 0.3) is 10.0 Å². The molecule has 0 saturated heterocycles. The Labute approximate surface area is 54.3 Å². The third-order valence-corrected chi connectivity index (χ3v) is 2.48. The second-order valence-corrected chi connectivity index (χ2v) is 3.61. The van der Waals surface area contributed by atoms with Crippen molar-refractivity contribution in [1.29, 1.82) is 0 Å². The Bertz CT molecular complexity index is 250. The normalized spacial score (nSPS) is 22.6. The third-order valence-electron chi connectivity index (χ3n) is 1.06. The van der Waals surface area contributed by atoms with E-state index in [1.54, 1.807) is 6.08 Å². The largest absolute Gasteiger partial charge is 0.277 e. The van der Waals surface area contributed by atoms with Crippen LogP contribution >= 0.6 is 0 Å². The molecule has 0 atom stereocenters. The molecule has 0 aromatic rings. The van der Waals surface area contributed by atoms with E-state index in [4.69, 9.17) is 0 Å². The fourth-order valence-corrected chi connectivity index (χ4v) is 1.22. The van der Waals surface area contributed by atoms with Crippen LogP contribution in [0.3, 0.4) is 0 Å². The highest BCUT2D eigenvalue weighted by Gasteiger charge is 2.10. The van der Waals surface area contributed by atoms with Crippen molar-refractivity contribution >= 4 is 10.0 Å². The molecule has 1 heterocycles. The molecule has 0 bridgehead atoms. The zero-order valence-corrected chi connectivity index (χ0v) is 5.80. The van der Waals surface area contributed by atoms with Crippen molar-refractivity contribution in [1.82, 2.24) is 4.31 Å². The lowest BCUT2D eigenvalue weighted by Crippen LogP contribution is -2.19. The maximum Gasteiger partial charge on any atom is 0.256 e. The van der Waals surface area contributed by atoms with Gasteiger partial charge in [-0.05, 0) is 12.2 Å². The van der Waals surface area contributed by atoms with Crippen LogP contribution in [0.1, 0.15) is 0 Å². The summed E-state index contributed by atoms with van der Waals surface area (Å²) in [5, 5.41) is 1.16. The Balaban J connectivity index is 3.06. The smallest absolute Gasteiger partial charge is 0.256 e. The molecule has 0 N–H and O–H groups in total. The first-order chi connectivity index (χ1) is 4.13. The van der Waals surface area contributed by atoms with Crippen LogP contribution in [-0.2, 0) is 10.0 Å². The minimum Gasteiger partial charge on any atom is -0.277 e. The van der Waals surface area contributed by atoms with E-state index in [-0.39, 0.29) is 0 Å². The number of hydrogen-bond acceptors (Lipinski definition) is 2. The average molecular weight is 145 g/mol. The molecule has 9 heavy (non-hydrogen) atoms. The van der Waals surface area contributed by atoms with Gasteiger partial charge < -0.3 is 0 Å². The Morgan fingerprint density at radius 3 is 2.33 bits per heavy atom. The van der Waals surface area contributed by atoms with E-state index in [9.17, 15) is 8.42 Å².